The molecule has 21 heavy (non-hydrogen) atoms. The minimum atomic E-state index is 0.200. The SMILES string of the molecule is O=C(CC1CCCN1)NC1CCN(c2ccccn2)CC1. The summed E-state index contributed by atoms with van der Waals surface area (Å²) in [5.74, 6) is 1.24. The van der Waals surface area contributed by atoms with Crippen LogP contribution in [0.4, 0.5) is 5.82 Å². The lowest BCUT2D eigenvalue weighted by Gasteiger charge is -2.33. The molecule has 0 saturated carbocycles. The summed E-state index contributed by atoms with van der Waals surface area (Å²) in [7, 11) is 0. The average molecular weight is 288 g/mol. The van der Waals surface area contributed by atoms with Crippen LogP contribution in [0.5, 0.6) is 0 Å². The zero-order chi connectivity index (χ0) is 14.5. The molecule has 5 heteroatoms. The zero-order valence-corrected chi connectivity index (χ0v) is 12.4. The molecule has 0 radical (unpaired) electrons. The van der Waals surface area contributed by atoms with Crippen LogP contribution in [-0.2, 0) is 4.79 Å². The number of amides is 1. The number of rotatable bonds is 4. The third-order valence-electron chi connectivity index (χ3n) is 4.43. The summed E-state index contributed by atoms with van der Waals surface area (Å²) in [6, 6.07) is 6.71. The van der Waals surface area contributed by atoms with E-state index in [2.05, 4.69) is 20.5 Å². The summed E-state index contributed by atoms with van der Waals surface area (Å²) in [6.07, 6.45) is 6.78. The fourth-order valence-electron chi connectivity index (χ4n) is 3.24. The Morgan fingerprint density at radius 2 is 2.19 bits per heavy atom. The molecule has 2 N–H and O–H groups in total. The number of nitrogens with one attached hydrogen (secondary N) is 2. The van der Waals surface area contributed by atoms with E-state index in [0.29, 0.717) is 18.5 Å². The molecule has 0 spiro atoms. The zero-order valence-electron chi connectivity index (χ0n) is 12.4. The Kier molecular flexibility index (Phi) is 4.70. The number of piperidine rings is 1. The Hall–Kier alpha value is -1.62. The Balaban J connectivity index is 1.42. The van der Waals surface area contributed by atoms with Gasteiger partial charge in [0.2, 0.25) is 5.91 Å². The Labute approximate surface area is 126 Å². The van der Waals surface area contributed by atoms with Crippen molar-refractivity contribution in [3.05, 3.63) is 24.4 Å². The summed E-state index contributed by atoms with van der Waals surface area (Å²) < 4.78 is 0. The molecule has 1 atom stereocenters. The molecular formula is C16H24N4O. The van der Waals surface area contributed by atoms with Crippen LogP contribution in [0.1, 0.15) is 32.1 Å². The van der Waals surface area contributed by atoms with E-state index < -0.39 is 0 Å². The molecule has 2 saturated heterocycles. The first-order chi connectivity index (χ1) is 10.3. The molecule has 0 bridgehead atoms. The first-order valence-electron chi connectivity index (χ1n) is 8.00. The molecule has 1 aromatic rings. The van der Waals surface area contributed by atoms with Crippen molar-refractivity contribution in [2.24, 2.45) is 0 Å². The van der Waals surface area contributed by atoms with Crippen LogP contribution in [0.15, 0.2) is 24.4 Å². The van der Waals surface area contributed by atoms with Gasteiger partial charge in [-0.3, -0.25) is 4.79 Å². The third-order valence-corrected chi connectivity index (χ3v) is 4.43. The molecule has 0 aliphatic carbocycles. The molecule has 2 aliphatic rings. The smallest absolute Gasteiger partial charge is 0.221 e. The summed E-state index contributed by atoms with van der Waals surface area (Å²) in [4.78, 5) is 18.7. The molecule has 3 heterocycles. The van der Waals surface area contributed by atoms with E-state index in [1.54, 1.807) is 0 Å². The lowest BCUT2D eigenvalue weighted by Crippen LogP contribution is -2.46. The summed E-state index contributed by atoms with van der Waals surface area (Å²) in [5, 5.41) is 6.57. The molecule has 2 fully saturated rings. The van der Waals surface area contributed by atoms with Crippen molar-refractivity contribution in [3.63, 3.8) is 0 Å². The summed E-state index contributed by atoms with van der Waals surface area (Å²) in [6.45, 7) is 2.98. The monoisotopic (exact) mass is 288 g/mol. The van der Waals surface area contributed by atoms with E-state index in [-0.39, 0.29) is 5.91 Å². The molecule has 0 aromatic carbocycles. The van der Waals surface area contributed by atoms with Gasteiger partial charge in [0.15, 0.2) is 0 Å². The van der Waals surface area contributed by atoms with Gasteiger partial charge in [0.1, 0.15) is 5.82 Å². The van der Waals surface area contributed by atoms with Crippen LogP contribution in [-0.4, -0.2) is 42.6 Å². The molecule has 3 rings (SSSR count). The van der Waals surface area contributed by atoms with E-state index in [4.69, 9.17) is 0 Å². The number of aromatic nitrogens is 1. The number of hydrogen-bond donors (Lipinski definition) is 2. The number of carbonyl (C=O) groups is 1. The Morgan fingerprint density at radius 3 is 2.86 bits per heavy atom. The highest BCUT2D eigenvalue weighted by molar-refractivity contribution is 5.77. The van der Waals surface area contributed by atoms with Gasteiger partial charge in [-0.05, 0) is 44.4 Å². The maximum Gasteiger partial charge on any atom is 0.221 e. The van der Waals surface area contributed by atoms with Crippen molar-refractivity contribution in [2.75, 3.05) is 24.5 Å². The van der Waals surface area contributed by atoms with Crippen LogP contribution in [0, 0.1) is 0 Å². The minimum Gasteiger partial charge on any atom is -0.356 e. The highest BCUT2D eigenvalue weighted by Gasteiger charge is 2.23. The van der Waals surface area contributed by atoms with Gasteiger partial charge in [-0.1, -0.05) is 6.07 Å². The first kappa shape index (κ1) is 14.3. The van der Waals surface area contributed by atoms with Crippen molar-refractivity contribution in [3.8, 4) is 0 Å². The van der Waals surface area contributed by atoms with Gasteiger partial charge in [-0.25, -0.2) is 4.98 Å². The van der Waals surface area contributed by atoms with Crippen LogP contribution in [0.3, 0.4) is 0 Å². The van der Waals surface area contributed by atoms with Crippen molar-refractivity contribution >= 4 is 11.7 Å². The van der Waals surface area contributed by atoms with Crippen LogP contribution >= 0.6 is 0 Å². The lowest BCUT2D eigenvalue weighted by atomic mass is 10.0. The molecule has 2 aliphatic heterocycles. The second-order valence-electron chi connectivity index (χ2n) is 6.01. The van der Waals surface area contributed by atoms with Gasteiger partial charge in [-0.2, -0.15) is 0 Å². The predicted octanol–water partition coefficient (Wildman–Crippen LogP) is 1.31. The maximum absolute atomic E-state index is 12.0. The van der Waals surface area contributed by atoms with E-state index in [1.165, 1.54) is 6.42 Å². The fourth-order valence-corrected chi connectivity index (χ4v) is 3.24. The van der Waals surface area contributed by atoms with Gasteiger partial charge in [0.25, 0.3) is 0 Å². The first-order valence-corrected chi connectivity index (χ1v) is 8.00. The van der Waals surface area contributed by atoms with E-state index in [0.717, 1.165) is 44.7 Å². The predicted molar refractivity (Wildman–Crippen MR) is 83.3 cm³/mol. The van der Waals surface area contributed by atoms with Crippen LogP contribution < -0.4 is 15.5 Å². The standard InChI is InChI=1S/C16H24N4O/c21-16(12-14-4-3-9-17-14)19-13-6-10-20(11-7-13)15-5-1-2-8-18-15/h1-2,5,8,13-14,17H,3-4,6-7,9-12H2,(H,19,21). The Morgan fingerprint density at radius 1 is 1.33 bits per heavy atom. The molecular weight excluding hydrogens is 264 g/mol. The molecule has 5 nitrogen and oxygen atoms in total. The normalized spacial score (nSPS) is 23.2. The van der Waals surface area contributed by atoms with Gasteiger partial charge < -0.3 is 15.5 Å². The minimum absolute atomic E-state index is 0.200. The van der Waals surface area contributed by atoms with Crippen molar-refractivity contribution in [1.29, 1.82) is 0 Å². The third kappa shape index (κ3) is 3.94. The largest absolute Gasteiger partial charge is 0.356 e. The van der Waals surface area contributed by atoms with E-state index >= 15 is 0 Å². The molecule has 1 unspecified atom stereocenters. The number of pyridine rings is 1. The van der Waals surface area contributed by atoms with Gasteiger partial charge in [0.05, 0.1) is 0 Å². The summed E-state index contributed by atoms with van der Waals surface area (Å²) in [5.41, 5.74) is 0. The lowest BCUT2D eigenvalue weighted by molar-refractivity contribution is -0.122. The molecule has 1 aromatic heterocycles. The number of hydrogen-bond acceptors (Lipinski definition) is 4. The van der Waals surface area contributed by atoms with Crippen molar-refractivity contribution in [2.45, 2.75) is 44.2 Å². The van der Waals surface area contributed by atoms with Crippen molar-refractivity contribution < 1.29 is 4.79 Å². The quantitative estimate of drug-likeness (QED) is 0.877. The molecule has 1 amide bonds. The number of anilines is 1. The second-order valence-corrected chi connectivity index (χ2v) is 6.01. The van der Waals surface area contributed by atoms with Gasteiger partial charge in [-0.15, -0.1) is 0 Å². The van der Waals surface area contributed by atoms with Crippen LogP contribution in [0.25, 0.3) is 0 Å². The maximum atomic E-state index is 12.0. The number of nitrogens with zero attached hydrogens (tertiary/aromatic N) is 2. The number of carbonyl (C=O) groups excluding carboxylic acids is 1. The second kappa shape index (κ2) is 6.89. The van der Waals surface area contributed by atoms with E-state index in [9.17, 15) is 4.79 Å². The van der Waals surface area contributed by atoms with Gasteiger partial charge >= 0.3 is 0 Å². The van der Waals surface area contributed by atoms with Crippen LogP contribution in [0.2, 0.25) is 0 Å². The van der Waals surface area contributed by atoms with Crippen molar-refractivity contribution in [1.82, 2.24) is 15.6 Å². The Bertz CT molecular complexity index is 451. The molecule has 114 valence electrons. The van der Waals surface area contributed by atoms with E-state index in [1.807, 2.05) is 24.4 Å². The van der Waals surface area contributed by atoms with Gasteiger partial charge in [0, 0.05) is 37.8 Å². The highest BCUT2D eigenvalue weighted by Crippen LogP contribution is 2.17. The average Bonchev–Trinajstić information content (AvgIpc) is 3.02. The topological polar surface area (TPSA) is 57.3 Å². The summed E-state index contributed by atoms with van der Waals surface area (Å²) >= 11 is 0. The highest BCUT2D eigenvalue weighted by atomic mass is 16.1. The fraction of sp³-hybridized carbons (Fsp3) is 0.625.